The van der Waals surface area contributed by atoms with Gasteiger partial charge >= 0.3 is 5.97 Å². The monoisotopic (exact) mass is 326 g/mol. The third kappa shape index (κ3) is 1.57. The number of carbonyl (C=O) groups is 1. The van der Waals surface area contributed by atoms with Gasteiger partial charge in [-0.3, -0.25) is 4.79 Å². The molecular weight excluding hydrogens is 300 g/mol. The molecule has 1 aromatic carbocycles. The van der Waals surface area contributed by atoms with Gasteiger partial charge in [0.1, 0.15) is 17.2 Å². The molecule has 2 aliphatic carbocycles. The number of carbonyl (C=O) groups excluding carboxylic acids is 1. The first-order valence-electron chi connectivity index (χ1n) is 9.05. The van der Waals surface area contributed by atoms with Crippen LogP contribution in [0.25, 0.3) is 0 Å². The molecule has 2 saturated carbocycles. The molecule has 128 valence electrons. The van der Waals surface area contributed by atoms with Crippen LogP contribution < -0.4 is 0 Å². The highest BCUT2D eigenvalue weighted by Crippen LogP contribution is 2.75. The highest BCUT2D eigenvalue weighted by molar-refractivity contribution is 5.66. The third-order valence-corrected chi connectivity index (χ3v) is 7.12. The number of ether oxygens (including phenoxy) is 1. The van der Waals surface area contributed by atoms with Crippen molar-refractivity contribution in [2.75, 3.05) is 0 Å². The molecule has 2 bridgehead atoms. The van der Waals surface area contributed by atoms with Crippen LogP contribution in [-0.2, 0) is 15.1 Å². The van der Waals surface area contributed by atoms with E-state index >= 15 is 0 Å². The quantitative estimate of drug-likeness (QED) is 0.768. The van der Waals surface area contributed by atoms with Crippen molar-refractivity contribution >= 4 is 5.97 Å². The maximum absolute atomic E-state index is 11.6. The van der Waals surface area contributed by atoms with E-state index in [-0.39, 0.29) is 23.0 Å². The fourth-order valence-corrected chi connectivity index (χ4v) is 6.33. The Morgan fingerprint density at radius 2 is 1.83 bits per heavy atom. The van der Waals surface area contributed by atoms with Crippen molar-refractivity contribution in [3.05, 3.63) is 35.9 Å². The Labute approximate surface area is 143 Å². The largest absolute Gasteiger partial charge is 0.460 e. The van der Waals surface area contributed by atoms with Crippen LogP contribution in [0.3, 0.4) is 0 Å². The minimum Gasteiger partial charge on any atom is -0.460 e. The topological polar surface area (TPSA) is 51.0 Å². The molecule has 0 saturated heterocycles. The maximum Gasteiger partial charge on any atom is 0.302 e. The second-order valence-electron chi connectivity index (χ2n) is 8.18. The second kappa shape index (κ2) is 4.90. The van der Waals surface area contributed by atoms with Crippen LogP contribution >= 0.6 is 0 Å². The van der Waals surface area contributed by atoms with Gasteiger partial charge in [0.05, 0.1) is 0 Å². The molecular formula is C20H26N2O2. The molecule has 24 heavy (non-hydrogen) atoms. The lowest BCUT2D eigenvalue weighted by Gasteiger charge is -2.43. The van der Waals surface area contributed by atoms with E-state index in [4.69, 9.17) is 15.0 Å². The van der Waals surface area contributed by atoms with Crippen LogP contribution in [-0.4, -0.2) is 17.6 Å². The third-order valence-electron chi connectivity index (χ3n) is 7.12. The lowest BCUT2D eigenvalue weighted by Crippen LogP contribution is -2.54. The zero-order chi connectivity index (χ0) is 17.2. The van der Waals surface area contributed by atoms with Gasteiger partial charge in [-0.05, 0) is 37.2 Å². The zero-order valence-electron chi connectivity index (χ0n) is 15.0. The van der Waals surface area contributed by atoms with E-state index in [0.717, 1.165) is 6.42 Å². The molecule has 0 amide bonds. The van der Waals surface area contributed by atoms with Crippen molar-refractivity contribution in [1.82, 2.24) is 0 Å². The Kier molecular flexibility index (Phi) is 3.23. The Hall–Kier alpha value is -1.71. The van der Waals surface area contributed by atoms with E-state index in [1.807, 2.05) is 6.92 Å². The van der Waals surface area contributed by atoms with E-state index in [1.165, 1.54) is 25.3 Å². The summed E-state index contributed by atoms with van der Waals surface area (Å²) in [5.41, 5.74) is 0.343. The van der Waals surface area contributed by atoms with E-state index in [1.54, 1.807) is 0 Å². The van der Waals surface area contributed by atoms with Crippen LogP contribution in [0.1, 0.15) is 52.5 Å². The maximum atomic E-state index is 11.6. The van der Waals surface area contributed by atoms with Crippen LogP contribution in [0.5, 0.6) is 0 Å². The highest BCUT2D eigenvalue weighted by Gasteiger charge is 2.79. The number of esters is 1. The minimum absolute atomic E-state index is 0.189. The molecule has 1 aliphatic heterocycles. The molecule has 0 aromatic heterocycles. The zero-order valence-corrected chi connectivity index (χ0v) is 15.0. The molecule has 2 fully saturated rings. The average molecular weight is 326 g/mol. The Bertz CT molecular complexity index is 699. The first-order valence-corrected chi connectivity index (χ1v) is 9.05. The lowest BCUT2D eigenvalue weighted by molar-refractivity contribution is -0.152. The van der Waals surface area contributed by atoms with Gasteiger partial charge in [0.15, 0.2) is 0 Å². The standard InChI is InChI=1S/C20H26N2O2/c1-13(24-14(2)23)19-16-11-8-12-17(16)20(22-21-19,18(19,3)4)15-9-6-5-7-10-15/h5-7,9-10,13,16-17H,8,11-12H2,1-4H3/t13?,16-,17+,19-,20+/m0/s1. The lowest BCUT2D eigenvalue weighted by atomic mass is 9.61. The van der Waals surface area contributed by atoms with Crippen molar-refractivity contribution in [2.45, 2.75) is 64.1 Å². The number of rotatable bonds is 3. The van der Waals surface area contributed by atoms with Gasteiger partial charge < -0.3 is 4.74 Å². The van der Waals surface area contributed by atoms with Gasteiger partial charge in [0.25, 0.3) is 0 Å². The van der Waals surface area contributed by atoms with Crippen LogP contribution in [0.15, 0.2) is 40.6 Å². The van der Waals surface area contributed by atoms with Crippen molar-refractivity contribution in [2.24, 2.45) is 27.5 Å². The second-order valence-corrected chi connectivity index (χ2v) is 8.18. The predicted molar refractivity (Wildman–Crippen MR) is 91.5 cm³/mol. The normalized spacial score (nSPS) is 39.7. The van der Waals surface area contributed by atoms with E-state index in [2.05, 4.69) is 44.2 Å². The highest BCUT2D eigenvalue weighted by atomic mass is 16.5. The molecule has 1 unspecified atom stereocenters. The molecule has 3 aliphatic rings. The summed E-state index contributed by atoms with van der Waals surface area (Å²) in [6.45, 7) is 8.04. The van der Waals surface area contributed by atoms with Gasteiger partial charge in [0.2, 0.25) is 0 Å². The number of fused-ring (bicyclic) bond motifs is 5. The molecule has 4 rings (SSSR count). The number of azo groups is 1. The minimum atomic E-state index is -0.421. The Balaban J connectivity index is 1.90. The molecule has 1 aromatic rings. The number of hydrogen-bond acceptors (Lipinski definition) is 4. The van der Waals surface area contributed by atoms with Crippen molar-refractivity contribution in [1.29, 1.82) is 0 Å². The number of hydrogen-bond donors (Lipinski definition) is 0. The number of nitrogens with zero attached hydrogens (tertiary/aromatic N) is 2. The Morgan fingerprint density at radius 1 is 1.17 bits per heavy atom. The molecule has 0 radical (unpaired) electrons. The fraction of sp³-hybridized carbons (Fsp3) is 0.650. The van der Waals surface area contributed by atoms with Crippen LogP contribution in [0.2, 0.25) is 0 Å². The smallest absolute Gasteiger partial charge is 0.302 e. The summed E-state index contributed by atoms with van der Waals surface area (Å²) in [7, 11) is 0. The van der Waals surface area contributed by atoms with Gasteiger partial charge in [-0.25, -0.2) is 0 Å². The van der Waals surface area contributed by atoms with Crippen molar-refractivity contribution in [3.8, 4) is 0 Å². The molecule has 0 N–H and O–H groups in total. The summed E-state index contributed by atoms with van der Waals surface area (Å²) in [6.07, 6.45) is 3.27. The van der Waals surface area contributed by atoms with Crippen LogP contribution in [0.4, 0.5) is 0 Å². The van der Waals surface area contributed by atoms with Gasteiger partial charge in [-0.15, -0.1) is 0 Å². The molecule has 4 nitrogen and oxygen atoms in total. The van der Waals surface area contributed by atoms with E-state index < -0.39 is 5.54 Å². The average Bonchev–Trinajstić information content (AvgIpc) is 3.15. The van der Waals surface area contributed by atoms with Gasteiger partial charge in [0, 0.05) is 12.3 Å². The van der Waals surface area contributed by atoms with Gasteiger partial charge in [-0.2, -0.15) is 10.2 Å². The molecule has 4 heteroatoms. The Morgan fingerprint density at radius 3 is 2.50 bits per heavy atom. The first kappa shape index (κ1) is 15.8. The molecule has 1 heterocycles. The summed E-state index contributed by atoms with van der Waals surface area (Å²) in [6, 6.07) is 10.6. The predicted octanol–water partition coefficient (Wildman–Crippen LogP) is 4.49. The molecule has 0 spiro atoms. The summed E-state index contributed by atoms with van der Waals surface area (Å²) in [5, 5.41) is 9.82. The van der Waals surface area contributed by atoms with Crippen molar-refractivity contribution < 1.29 is 9.53 Å². The number of benzene rings is 1. The molecule has 5 atom stereocenters. The van der Waals surface area contributed by atoms with E-state index in [0.29, 0.717) is 11.8 Å². The summed E-state index contributed by atoms with van der Waals surface area (Å²) >= 11 is 0. The summed E-state index contributed by atoms with van der Waals surface area (Å²) in [5.74, 6) is 0.673. The van der Waals surface area contributed by atoms with Gasteiger partial charge in [-0.1, -0.05) is 50.6 Å². The summed E-state index contributed by atoms with van der Waals surface area (Å²) in [4.78, 5) is 11.6. The SMILES string of the molecule is CC(=O)OC(C)[C@]12N=N[C@](c3ccccc3)([C@@H]3CCC[C@@H]31)C2(C)C. The van der Waals surface area contributed by atoms with Crippen LogP contribution in [0, 0.1) is 17.3 Å². The first-order chi connectivity index (χ1) is 11.4. The fourth-order valence-electron chi connectivity index (χ4n) is 6.33. The van der Waals surface area contributed by atoms with Crippen molar-refractivity contribution in [3.63, 3.8) is 0 Å². The van der Waals surface area contributed by atoms with E-state index in [9.17, 15) is 4.79 Å². The summed E-state index contributed by atoms with van der Waals surface area (Å²) < 4.78 is 5.69.